The molecule has 146 valence electrons. The topological polar surface area (TPSA) is 65.7 Å². The minimum Gasteiger partial charge on any atom is -0.488 e. The number of halogens is 1. The molecule has 0 aliphatic heterocycles. The van der Waals surface area contributed by atoms with Gasteiger partial charge in [0.05, 0.1) is 6.61 Å². The summed E-state index contributed by atoms with van der Waals surface area (Å²) in [6, 6.07) is 12.5. The first kappa shape index (κ1) is 20.0. The van der Waals surface area contributed by atoms with Crippen molar-refractivity contribution in [3.8, 4) is 5.75 Å². The molecule has 1 heterocycles. The maximum absolute atomic E-state index is 11.8. The molecule has 3 aromatic rings. The first-order valence-corrected chi connectivity index (χ1v) is 9.45. The predicted molar refractivity (Wildman–Crippen MR) is 108 cm³/mol. The van der Waals surface area contributed by atoms with Crippen molar-refractivity contribution < 1.29 is 18.7 Å². The van der Waals surface area contributed by atoms with Crippen LogP contribution in [0.3, 0.4) is 0 Å². The lowest BCUT2D eigenvalue weighted by molar-refractivity contribution is -0.143. The quantitative estimate of drug-likeness (QED) is 0.420. The van der Waals surface area contributed by atoms with Crippen LogP contribution in [0.2, 0.25) is 5.02 Å². The number of esters is 1. The van der Waals surface area contributed by atoms with Crippen LogP contribution in [-0.4, -0.2) is 12.6 Å². The number of aryl methyl sites for hydroxylation is 2. The molecule has 0 saturated carbocycles. The summed E-state index contributed by atoms with van der Waals surface area (Å²) >= 11 is 6.20. The van der Waals surface area contributed by atoms with Gasteiger partial charge < -0.3 is 13.9 Å². The van der Waals surface area contributed by atoms with Crippen LogP contribution in [-0.2, 0) is 22.6 Å². The number of benzene rings is 2. The number of carbonyl (C=O) groups is 1. The summed E-state index contributed by atoms with van der Waals surface area (Å²) in [6.45, 7) is 4.22. The maximum Gasteiger partial charge on any atom is 0.336 e. The van der Waals surface area contributed by atoms with E-state index in [4.69, 9.17) is 25.5 Å². The zero-order chi connectivity index (χ0) is 20.1. The number of fused-ring (bicyclic) bond motifs is 1. The van der Waals surface area contributed by atoms with Crippen molar-refractivity contribution in [3.05, 3.63) is 74.6 Å². The summed E-state index contributed by atoms with van der Waals surface area (Å²) in [5, 5.41) is 1.42. The molecule has 6 heteroatoms. The van der Waals surface area contributed by atoms with Gasteiger partial charge in [0.1, 0.15) is 17.9 Å². The number of hydrogen-bond acceptors (Lipinski definition) is 5. The highest BCUT2D eigenvalue weighted by atomic mass is 35.5. The van der Waals surface area contributed by atoms with Gasteiger partial charge in [-0.15, -0.1) is 0 Å². The van der Waals surface area contributed by atoms with Gasteiger partial charge in [0.25, 0.3) is 0 Å². The Hall–Kier alpha value is -2.79. The molecule has 1 aromatic heterocycles. The molecule has 0 aliphatic rings. The fourth-order valence-corrected chi connectivity index (χ4v) is 3.15. The first-order chi connectivity index (χ1) is 13.5. The van der Waals surface area contributed by atoms with Crippen LogP contribution in [0.4, 0.5) is 0 Å². The Bertz CT molecular complexity index is 1050. The van der Waals surface area contributed by atoms with Crippen molar-refractivity contribution in [1.82, 2.24) is 0 Å². The molecule has 0 saturated heterocycles. The maximum atomic E-state index is 11.8. The van der Waals surface area contributed by atoms with Crippen LogP contribution < -0.4 is 10.4 Å². The lowest BCUT2D eigenvalue weighted by Gasteiger charge is -2.14. The third-order valence-corrected chi connectivity index (χ3v) is 4.75. The van der Waals surface area contributed by atoms with Gasteiger partial charge in [-0.1, -0.05) is 29.8 Å². The average Bonchev–Trinajstić information content (AvgIpc) is 2.66. The minimum absolute atomic E-state index is 0.234. The Morgan fingerprint density at radius 1 is 1.14 bits per heavy atom. The van der Waals surface area contributed by atoms with E-state index < -0.39 is 5.63 Å². The molecule has 0 unspecified atom stereocenters. The zero-order valence-corrected chi connectivity index (χ0v) is 16.5. The largest absolute Gasteiger partial charge is 0.488 e. The molecule has 0 amide bonds. The van der Waals surface area contributed by atoms with Crippen LogP contribution in [0.25, 0.3) is 11.0 Å². The normalized spacial score (nSPS) is 10.8. The molecule has 0 bridgehead atoms. The second-order valence-corrected chi connectivity index (χ2v) is 6.80. The fourth-order valence-electron chi connectivity index (χ4n) is 2.96. The zero-order valence-electron chi connectivity index (χ0n) is 15.8. The van der Waals surface area contributed by atoms with E-state index in [1.807, 2.05) is 31.2 Å². The third-order valence-electron chi connectivity index (χ3n) is 4.38. The Labute approximate surface area is 167 Å². The number of rotatable bonds is 7. The van der Waals surface area contributed by atoms with Crippen molar-refractivity contribution in [3.63, 3.8) is 0 Å². The third kappa shape index (κ3) is 4.73. The monoisotopic (exact) mass is 400 g/mol. The van der Waals surface area contributed by atoms with E-state index in [2.05, 4.69) is 0 Å². The van der Waals surface area contributed by atoms with E-state index in [9.17, 15) is 9.59 Å². The Morgan fingerprint density at radius 2 is 1.93 bits per heavy atom. The number of carbonyl (C=O) groups excluding carboxylic acids is 1. The average molecular weight is 401 g/mol. The smallest absolute Gasteiger partial charge is 0.336 e. The van der Waals surface area contributed by atoms with E-state index in [1.165, 1.54) is 6.07 Å². The van der Waals surface area contributed by atoms with E-state index in [-0.39, 0.29) is 19.0 Å². The molecule has 0 atom stereocenters. The van der Waals surface area contributed by atoms with E-state index in [0.29, 0.717) is 29.4 Å². The summed E-state index contributed by atoms with van der Waals surface area (Å²) in [5.74, 6) is 0.279. The Morgan fingerprint density at radius 3 is 2.68 bits per heavy atom. The van der Waals surface area contributed by atoms with Gasteiger partial charge in [0, 0.05) is 34.5 Å². The van der Waals surface area contributed by atoms with Gasteiger partial charge in [-0.3, -0.25) is 4.79 Å². The number of ether oxygens (including phenoxy) is 2. The van der Waals surface area contributed by atoms with Crippen molar-refractivity contribution in [2.75, 3.05) is 6.61 Å². The lowest BCUT2D eigenvalue weighted by Crippen LogP contribution is -2.07. The van der Waals surface area contributed by atoms with Crippen molar-refractivity contribution in [1.29, 1.82) is 0 Å². The van der Waals surface area contributed by atoms with E-state index in [0.717, 1.165) is 22.1 Å². The highest BCUT2D eigenvalue weighted by molar-refractivity contribution is 6.31. The number of hydrogen-bond donors (Lipinski definition) is 0. The molecular formula is C22H21ClO5. The second-order valence-electron chi connectivity index (χ2n) is 6.39. The molecule has 0 aliphatic carbocycles. The second kappa shape index (κ2) is 8.93. The molecule has 0 radical (unpaired) electrons. The molecule has 0 fully saturated rings. The summed E-state index contributed by atoms with van der Waals surface area (Å²) < 4.78 is 16.3. The van der Waals surface area contributed by atoms with Gasteiger partial charge in [0.2, 0.25) is 0 Å². The highest BCUT2D eigenvalue weighted by Gasteiger charge is 2.13. The molecule has 0 spiro atoms. The fraction of sp³-hybridized carbons (Fsp3) is 0.273. The van der Waals surface area contributed by atoms with Gasteiger partial charge in [0.15, 0.2) is 0 Å². The van der Waals surface area contributed by atoms with E-state index in [1.54, 1.807) is 19.1 Å². The van der Waals surface area contributed by atoms with Crippen LogP contribution in [0.5, 0.6) is 5.75 Å². The highest BCUT2D eigenvalue weighted by Crippen LogP contribution is 2.29. The minimum atomic E-state index is -0.415. The van der Waals surface area contributed by atoms with Crippen LogP contribution in [0.1, 0.15) is 30.0 Å². The molecule has 2 aromatic carbocycles. The standard InChI is InChI=1S/C22H21ClO5/c1-3-26-21(24)9-8-15-11-17-14(2)10-22(25)28-20(17)12-19(15)27-13-16-6-4-5-7-18(16)23/h4-7,10-12H,3,8-9,13H2,1-2H3. The SMILES string of the molecule is CCOC(=O)CCc1cc2c(C)cc(=O)oc2cc1OCc1ccccc1Cl. The van der Waals surface area contributed by atoms with Crippen LogP contribution >= 0.6 is 11.6 Å². The van der Waals surface area contributed by atoms with Gasteiger partial charge >= 0.3 is 11.6 Å². The Balaban J connectivity index is 1.94. The van der Waals surface area contributed by atoms with Gasteiger partial charge in [-0.25, -0.2) is 4.79 Å². The molecule has 28 heavy (non-hydrogen) atoms. The van der Waals surface area contributed by atoms with Gasteiger partial charge in [-0.05, 0) is 43.5 Å². The molecule has 3 rings (SSSR count). The summed E-state index contributed by atoms with van der Waals surface area (Å²) in [7, 11) is 0. The Kier molecular flexibility index (Phi) is 6.37. The first-order valence-electron chi connectivity index (χ1n) is 9.07. The van der Waals surface area contributed by atoms with Crippen molar-refractivity contribution in [2.45, 2.75) is 33.3 Å². The molecule has 5 nitrogen and oxygen atoms in total. The molecular weight excluding hydrogens is 380 g/mol. The van der Waals surface area contributed by atoms with Gasteiger partial charge in [-0.2, -0.15) is 0 Å². The summed E-state index contributed by atoms with van der Waals surface area (Å²) in [5.41, 5.74) is 2.51. The summed E-state index contributed by atoms with van der Waals surface area (Å²) in [4.78, 5) is 23.5. The van der Waals surface area contributed by atoms with Crippen molar-refractivity contribution in [2.24, 2.45) is 0 Å². The van der Waals surface area contributed by atoms with Crippen LogP contribution in [0.15, 0.2) is 51.7 Å². The van der Waals surface area contributed by atoms with Crippen molar-refractivity contribution >= 4 is 28.5 Å². The van der Waals surface area contributed by atoms with Crippen LogP contribution in [0, 0.1) is 6.92 Å². The summed E-state index contributed by atoms with van der Waals surface area (Å²) in [6.07, 6.45) is 0.683. The molecule has 0 N–H and O–H groups in total. The predicted octanol–water partition coefficient (Wildman–Crippen LogP) is 4.83. The van der Waals surface area contributed by atoms with E-state index >= 15 is 0 Å². The lowest BCUT2D eigenvalue weighted by atomic mass is 10.0.